The van der Waals surface area contributed by atoms with Gasteiger partial charge in [-0.1, -0.05) is 44.8 Å². The van der Waals surface area contributed by atoms with Gasteiger partial charge in [-0.3, -0.25) is 4.79 Å². The molecule has 0 aliphatic carbocycles. The van der Waals surface area contributed by atoms with Gasteiger partial charge in [-0.05, 0) is 53.9 Å². The number of aliphatic hydroxyl groups is 1. The summed E-state index contributed by atoms with van der Waals surface area (Å²) >= 11 is 6.31. The van der Waals surface area contributed by atoms with Crippen molar-refractivity contribution in [2.45, 2.75) is 38.6 Å². The minimum atomic E-state index is -4.89. The molecule has 0 heterocycles. The monoisotopic (exact) mass is 536 g/mol. The summed E-state index contributed by atoms with van der Waals surface area (Å²) in [6.45, 7) is 3.14. The molecule has 29 heavy (non-hydrogen) atoms. The SMILES string of the molecule is CCC(=O)NCc1ccc(NC[C@@](O)(c2cc(Br)cc(Br)c2)C(F)(F)F)cc1C. The second-order valence-corrected chi connectivity index (χ2v) is 8.47. The lowest BCUT2D eigenvalue weighted by Gasteiger charge is -2.32. The number of nitrogens with one attached hydrogen (secondary N) is 2. The van der Waals surface area contributed by atoms with Crippen LogP contribution in [-0.4, -0.2) is 23.7 Å². The number of carbonyl (C=O) groups excluding carboxylic acids is 1. The molecule has 0 bridgehead atoms. The van der Waals surface area contributed by atoms with Crippen LogP contribution in [0.15, 0.2) is 45.3 Å². The summed E-state index contributed by atoms with van der Waals surface area (Å²) in [5, 5.41) is 16.0. The second-order valence-electron chi connectivity index (χ2n) is 6.64. The van der Waals surface area contributed by atoms with Crippen LogP contribution in [0.2, 0.25) is 0 Å². The molecular formula is C20H21Br2F3N2O2. The van der Waals surface area contributed by atoms with Gasteiger partial charge in [0, 0.05) is 27.6 Å². The predicted octanol–water partition coefficient (Wildman–Crippen LogP) is 5.41. The molecule has 0 aromatic heterocycles. The Morgan fingerprint density at radius 3 is 2.24 bits per heavy atom. The molecule has 4 nitrogen and oxygen atoms in total. The Hall–Kier alpha value is -1.58. The van der Waals surface area contributed by atoms with Gasteiger partial charge in [0.1, 0.15) is 0 Å². The maximum absolute atomic E-state index is 13.7. The number of hydrogen-bond acceptors (Lipinski definition) is 3. The average Bonchev–Trinajstić information content (AvgIpc) is 2.63. The van der Waals surface area contributed by atoms with Crippen molar-refractivity contribution in [2.24, 2.45) is 0 Å². The zero-order chi connectivity index (χ0) is 21.8. The average molecular weight is 538 g/mol. The van der Waals surface area contributed by atoms with Gasteiger partial charge < -0.3 is 15.7 Å². The van der Waals surface area contributed by atoms with Crippen molar-refractivity contribution in [3.8, 4) is 0 Å². The summed E-state index contributed by atoms with van der Waals surface area (Å²) in [6, 6.07) is 9.10. The van der Waals surface area contributed by atoms with Crippen molar-refractivity contribution >= 4 is 43.5 Å². The van der Waals surface area contributed by atoms with Crippen molar-refractivity contribution in [3.05, 3.63) is 62.0 Å². The lowest BCUT2D eigenvalue weighted by atomic mass is 9.92. The van der Waals surface area contributed by atoms with Crippen LogP contribution in [0.5, 0.6) is 0 Å². The minimum absolute atomic E-state index is 0.0815. The number of benzene rings is 2. The lowest BCUT2D eigenvalue weighted by molar-refractivity contribution is -0.260. The Balaban J connectivity index is 2.22. The predicted molar refractivity (Wildman–Crippen MR) is 114 cm³/mol. The summed E-state index contributed by atoms with van der Waals surface area (Å²) in [5.74, 6) is -0.0815. The molecule has 0 fully saturated rings. The Morgan fingerprint density at radius 1 is 1.10 bits per heavy atom. The van der Waals surface area contributed by atoms with Crippen LogP contribution >= 0.6 is 31.9 Å². The number of aryl methyl sites for hydroxylation is 1. The molecule has 1 atom stereocenters. The fourth-order valence-electron chi connectivity index (χ4n) is 2.71. The van der Waals surface area contributed by atoms with Gasteiger partial charge in [-0.25, -0.2) is 0 Å². The minimum Gasteiger partial charge on any atom is -0.381 e. The third kappa shape index (κ3) is 5.96. The quantitative estimate of drug-likeness (QED) is 0.442. The number of anilines is 1. The molecule has 0 aliphatic heterocycles. The van der Waals surface area contributed by atoms with Gasteiger partial charge in [-0.2, -0.15) is 13.2 Å². The molecule has 0 unspecified atom stereocenters. The summed E-state index contributed by atoms with van der Waals surface area (Å²) in [4.78, 5) is 11.4. The van der Waals surface area contributed by atoms with E-state index in [0.717, 1.165) is 11.1 Å². The Bertz CT molecular complexity index is 870. The first-order valence-corrected chi connectivity index (χ1v) is 10.4. The van der Waals surface area contributed by atoms with Gasteiger partial charge in [0.15, 0.2) is 0 Å². The third-order valence-corrected chi connectivity index (χ3v) is 5.41. The molecule has 0 radical (unpaired) electrons. The largest absolute Gasteiger partial charge is 0.423 e. The van der Waals surface area contributed by atoms with Crippen LogP contribution in [0.3, 0.4) is 0 Å². The maximum atomic E-state index is 13.7. The zero-order valence-corrected chi connectivity index (χ0v) is 19.0. The van der Waals surface area contributed by atoms with Crippen molar-refractivity contribution in [1.29, 1.82) is 0 Å². The van der Waals surface area contributed by atoms with Crippen molar-refractivity contribution in [2.75, 3.05) is 11.9 Å². The number of alkyl halides is 3. The Kier molecular flexibility index (Phi) is 7.75. The highest BCUT2D eigenvalue weighted by Gasteiger charge is 2.55. The molecule has 2 aromatic carbocycles. The molecule has 3 N–H and O–H groups in total. The van der Waals surface area contributed by atoms with E-state index in [1.54, 1.807) is 38.1 Å². The molecule has 9 heteroatoms. The summed E-state index contributed by atoms with van der Waals surface area (Å²) in [7, 11) is 0. The molecule has 1 amide bonds. The van der Waals surface area contributed by atoms with E-state index in [9.17, 15) is 23.1 Å². The molecule has 2 rings (SSSR count). The molecular weight excluding hydrogens is 517 g/mol. The first kappa shape index (κ1) is 23.7. The van der Waals surface area contributed by atoms with E-state index in [2.05, 4.69) is 42.5 Å². The number of rotatable bonds is 7. The summed E-state index contributed by atoms with van der Waals surface area (Å²) in [6.07, 6.45) is -4.51. The fourth-order valence-corrected chi connectivity index (χ4v) is 4.01. The molecule has 2 aromatic rings. The first-order valence-electron chi connectivity index (χ1n) is 8.82. The van der Waals surface area contributed by atoms with Crippen molar-refractivity contribution in [3.63, 3.8) is 0 Å². The van der Waals surface area contributed by atoms with Crippen LogP contribution in [0.4, 0.5) is 18.9 Å². The molecule has 0 spiro atoms. The van der Waals surface area contributed by atoms with E-state index >= 15 is 0 Å². The van der Waals surface area contributed by atoms with E-state index in [4.69, 9.17) is 0 Å². The second kappa shape index (κ2) is 9.49. The van der Waals surface area contributed by atoms with Gasteiger partial charge in [0.05, 0.1) is 6.54 Å². The highest BCUT2D eigenvalue weighted by Crippen LogP contribution is 2.41. The van der Waals surface area contributed by atoms with E-state index in [1.807, 2.05) is 0 Å². The van der Waals surface area contributed by atoms with Crippen LogP contribution < -0.4 is 10.6 Å². The molecule has 0 saturated carbocycles. The van der Waals surface area contributed by atoms with Crippen LogP contribution in [0.1, 0.15) is 30.0 Å². The molecule has 0 saturated heterocycles. The topological polar surface area (TPSA) is 61.4 Å². The number of amides is 1. The smallest absolute Gasteiger partial charge is 0.381 e. The van der Waals surface area contributed by atoms with Crippen LogP contribution in [0.25, 0.3) is 0 Å². The Morgan fingerprint density at radius 2 is 1.72 bits per heavy atom. The van der Waals surface area contributed by atoms with E-state index in [-0.39, 0.29) is 11.5 Å². The van der Waals surface area contributed by atoms with E-state index in [1.165, 1.54) is 12.1 Å². The fraction of sp³-hybridized carbons (Fsp3) is 0.350. The number of carbonyl (C=O) groups is 1. The number of hydrogen-bond donors (Lipinski definition) is 3. The maximum Gasteiger partial charge on any atom is 0.423 e. The third-order valence-electron chi connectivity index (χ3n) is 4.50. The van der Waals surface area contributed by atoms with Gasteiger partial charge in [0.25, 0.3) is 0 Å². The van der Waals surface area contributed by atoms with E-state index in [0.29, 0.717) is 27.6 Å². The zero-order valence-electron chi connectivity index (χ0n) is 15.8. The first-order chi connectivity index (χ1) is 13.5. The van der Waals surface area contributed by atoms with E-state index < -0.39 is 18.3 Å². The van der Waals surface area contributed by atoms with Gasteiger partial charge in [0.2, 0.25) is 11.5 Å². The summed E-state index contributed by atoms with van der Waals surface area (Å²) in [5.41, 5.74) is -1.26. The van der Waals surface area contributed by atoms with Gasteiger partial charge >= 0.3 is 6.18 Å². The van der Waals surface area contributed by atoms with Crippen LogP contribution in [-0.2, 0) is 16.9 Å². The summed E-state index contributed by atoms with van der Waals surface area (Å²) < 4.78 is 42.1. The highest BCUT2D eigenvalue weighted by atomic mass is 79.9. The standard InChI is InChI=1S/C20H21Br2F3N2O2/c1-3-18(28)26-10-13-4-5-17(6-12(13)2)27-11-19(29,20(23,24)25)14-7-15(21)9-16(22)8-14/h4-9,27,29H,3,10-11H2,1-2H3,(H,26,28)/t19-/m1/s1. The van der Waals surface area contributed by atoms with Crippen molar-refractivity contribution in [1.82, 2.24) is 5.32 Å². The van der Waals surface area contributed by atoms with Crippen LogP contribution in [0, 0.1) is 6.92 Å². The molecule has 158 valence electrons. The van der Waals surface area contributed by atoms with Gasteiger partial charge in [-0.15, -0.1) is 0 Å². The Labute approximate surface area is 184 Å². The highest BCUT2D eigenvalue weighted by molar-refractivity contribution is 9.11. The number of halogens is 5. The normalized spacial score (nSPS) is 13.7. The molecule has 0 aliphatic rings. The van der Waals surface area contributed by atoms with Crippen molar-refractivity contribution < 1.29 is 23.1 Å². The lowest BCUT2D eigenvalue weighted by Crippen LogP contribution is -2.47.